The highest BCUT2D eigenvalue weighted by Gasteiger charge is 2.27. The first-order valence-electron chi connectivity index (χ1n) is 10.4. The Morgan fingerprint density at radius 2 is 2.10 bits per heavy atom. The first-order chi connectivity index (χ1) is 14.3. The summed E-state index contributed by atoms with van der Waals surface area (Å²) in [6.07, 6.45) is 7.82. The SMILES string of the molecule is C[C@H]1CN(c2cc3ncccc3c(O[C@H]3CC[C@@H](c4nc[nH]n4)CC3)n2)CCO1. The molecular formula is C21H26N6O2. The fourth-order valence-corrected chi connectivity index (χ4v) is 4.32. The molecule has 4 heterocycles. The van der Waals surface area contributed by atoms with Crippen LogP contribution in [0.1, 0.15) is 44.3 Å². The minimum atomic E-state index is 0.153. The highest BCUT2D eigenvalue weighted by molar-refractivity contribution is 5.85. The summed E-state index contributed by atoms with van der Waals surface area (Å²) in [5.74, 6) is 2.93. The fraction of sp³-hybridized carbons (Fsp3) is 0.524. The van der Waals surface area contributed by atoms with Crippen LogP contribution in [0.25, 0.3) is 10.9 Å². The lowest BCUT2D eigenvalue weighted by molar-refractivity contribution is 0.0528. The number of anilines is 1. The fourth-order valence-electron chi connectivity index (χ4n) is 4.32. The lowest BCUT2D eigenvalue weighted by Crippen LogP contribution is -2.41. The van der Waals surface area contributed by atoms with Crippen LogP contribution in [-0.2, 0) is 4.74 Å². The number of aromatic nitrogens is 5. The average Bonchev–Trinajstić information content (AvgIpc) is 3.29. The molecule has 8 nitrogen and oxygen atoms in total. The van der Waals surface area contributed by atoms with Crippen LogP contribution < -0.4 is 9.64 Å². The molecule has 0 bridgehead atoms. The zero-order valence-corrected chi connectivity index (χ0v) is 16.6. The Morgan fingerprint density at radius 1 is 1.21 bits per heavy atom. The van der Waals surface area contributed by atoms with Crippen molar-refractivity contribution in [1.29, 1.82) is 0 Å². The third-order valence-corrected chi connectivity index (χ3v) is 5.87. The smallest absolute Gasteiger partial charge is 0.225 e. The average molecular weight is 394 g/mol. The maximum atomic E-state index is 6.43. The molecule has 1 N–H and O–H groups in total. The van der Waals surface area contributed by atoms with Gasteiger partial charge in [-0.05, 0) is 44.7 Å². The normalized spacial score (nSPS) is 25.3. The van der Waals surface area contributed by atoms with E-state index in [4.69, 9.17) is 14.5 Å². The third-order valence-electron chi connectivity index (χ3n) is 5.87. The van der Waals surface area contributed by atoms with Gasteiger partial charge in [0.1, 0.15) is 18.2 Å². The van der Waals surface area contributed by atoms with Crippen LogP contribution in [0.5, 0.6) is 5.88 Å². The lowest BCUT2D eigenvalue weighted by atomic mass is 9.87. The number of morpholine rings is 1. The molecular weight excluding hydrogens is 368 g/mol. The molecule has 3 aromatic rings. The molecule has 152 valence electrons. The van der Waals surface area contributed by atoms with Crippen molar-refractivity contribution >= 4 is 16.7 Å². The molecule has 3 aromatic heterocycles. The van der Waals surface area contributed by atoms with Crippen LogP contribution in [0.3, 0.4) is 0 Å². The van der Waals surface area contributed by atoms with E-state index in [1.165, 1.54) is 0 Å². The number of H-pyrrole nitrogens is 1. The van der Waals surface area contributed by atoms with Crippen molar-refractivity contribution in [3.8, 4) is 5.88 Å². The van der Waals surface area contributed by atoms with Gasteiger partial charge >= 0.3 is 0 Å². The molecule has 1 aliphatic heterocycles. The summed E-state index contributed by atoms with van der Waals surface area (Å²) in [5.41, 5.74) is 0.918. The lowest BCUT2D eigenvalue weighted by Gasteiger charge is -2.32. The second-order valence-electron chi connectivity index (χ2n) is 7.93. The van der Waals surface area contributed by atoms with Crippen LogP contribution in [0, 0.1) is 0 Å². The monoisotopic (exact) mass is 394 g/mol. The quantitative estimate of drug-likeness (QED) is 0.727. The highest BCUT2D eigenvalue weighted by Crippen LogP contribution is 2.35. The predicted octanol–water partition coefficient (Wildman–Crippen LogP) is 3.08. The van der Waals surface area contributed by atoms with Gasteiger partial charge < -0.3 is 14.4 Å². The van der Waals surface area contributed by atoms with Crippen molar-refractivity contribution < 1.29 is 9.47 Å². The molecule has 1 atom stereocenters. The van der Waals surface area contributed by atoms with Gasteiger partial charge in [-0.1, -0.05) is 0 Å². The summed E-state index contributed by atoms with van der Waals surface area (Å²) < 4.78 is 12.1. The van der Waals surface area contributed by atoms with Gasteiger partial charge in [-0.15, -0.1) is 0 Å². The van der Waals surface area contributed by atoms with E-state index in [1.807, 2.05) is 18.3 Å². The molecule has 0 aromatic carbocycles. The van der Waals surface area contributed by atoms with Crippen molar-refractivity contribution in [2.45, 2.75) is 50.7 Å². The summed E-state index contributed by atoms with van der Waals surface area (Å²) in [4.78, 5) is 16.0. The van der Waals surface area contributed by atoms with E-state index in [2.05, 4.69) is 38.1 Å². The zero-order chi connectivity index (χ0) is 19.6. The van der Waals surface area contributed by atoms with Crippen molar-refractivity contribution in [1.82, 2.24) is 25.1 Å². The van der Waals surface area contributed by atoms with Crippen molar-refractivity contribution in [2.24, 2.45) is 0 Å². The van der Waals surface area contributed by atoms with Gasteiger partial charge in [0, 0.05) is 31.3 Å². The summed E-state index contributed by atoms with van der Waals surface area (Å²) in [7, 11) is 0. The van der Waals surface area contributed by atoms with E-state index in [0.29, 0.717) is 18.4 Å². The highest BCUT2D eigenvalue weighted by atomic mass is 16.5. The summed E-state index contributed by atoms with van der Waals surface area (Å²) in [6, 6.07) is 6.03. The Bertz CT molecular complexity index is 955. The van der Waals surface area contributed by atoms with Gasteiger partial charge in [0.2, 0.25) is 5.88 Å². The standard InChI is InChI=1S/C21H26N6O2/c1-14-12-27(9-10-28-14)19-11-18-17(3-2-8-22-18)21(25-19)29-16-6-4-15(5-7-16)20-23-13-24-26-20/h2-3,8,11,13-16H,4-7,9-10,12H2,1H3,(H,23,24,26)/t14-,15-,16+/m0/s1. The van der Waals surface area contributed by atoms with Gasteiger partial charge in [0.05, 0.1) is 23.6 Å². The Hall–Kier alpha value is -2.74. The molecule has 29 heavy (non-hydrogen) atoms. The van der Waals surface area contributed by atoms with Gasteiger partial charge in [0.15, 0.2) is 5.82 Å². The van der Waals surface area contributed by atoms with Crippen LogP contribution in [0.15, 0.2) is 30.7 Å². The summed E-state index contributed by atoms with van der Waals surface area (Å²) >= 11 is 0. The molecule has 0 spiro atoms. The Balaban J connectivity index is 1.36. The molecule has 2 aliphatic rings. The van der Waals surface area contributed by atoms with Crippen molar-refractivity contribution in [3.05, 3.63) is 36.5 Å². The topological polar surface area (TPSA) is 89.1 Å². The Labute approximate surface area is 169 Å². The molecule has 5 rings (SSSR count). The number of fused-ring (bicyclic) bond motifs is 1. The molecule has 1 saturated carbocycles. The van der Waals surface area contributed by atoms with Crippen LogP contribution in [0.2, 0.25) is 0 Å². The minimum absolute atomic E-state index is 0.153. The molecule has 1 saturated heterocycles. The number of ether oxygens (including phenoxy) is 2. The van der Waals surface area contributed by atoms with E-state index in [9.17, 15) is 0 Å². The number of nitrogens with zero attached hydrogens (tertiary/aromatic N) is 5. The van der Waals surface area contributed by atoms with E-state index >= 15 is 0 Å². The number of hydrogen-bond acceptors (Lipinski definition) is 7. The van der Waals surface area contributed by atoms with Gasteiger partial charge in [-0.25, -0.2) is 4.98 Å². The second kappa shape index (κ2) is 7.94. The predicted molar refractivity (Wildman–Crippen MR) is 109 cm³/mol. The van der Waals surface area contributed by atoms with E-state index in [1.54, 1.807) is 6.33 Å². The molecule has 2 fully saturated rings. The van der Waals surface area contributed by atoms with Crippen LogP contribution >= 0.6 is 0 Å². The molecule has 0 amide bonds. The van der Waals surface area contributed by atoms with Crippen molar-refractivity contribution in [3.63, 3.8) is 0 Å². The third kappa shape index (κ3) is 3.89. The summed E-state index contributed by atoms with van der Waals surface area (Å²) in [5, 5.41) is 8.03. The largest absolute Gasteiger partial charge is 0.474 e. The van der Waals surface area contributed by atoms with E-state index in [-0.39, 0.29) is 12.2 Å². The zero-order valence-electron chi connectivity index (χ0n) is 16.6. The number of rotatable bonds is 4. The first kappa shape index (κ1) is 18.3. The number of hydrogen-bond donors (Lipinski definition) is 1. The van der Waals surface area contributed by atoms with Crippen molar-refractivity contribution in [2.75, 3.05) is 24.6 Å². The minimum Gasteiger partial charge on any atom is -0.474 e. The molecule has 1 aliphatic carbocycles. The number of pyridine rings is 2. The maximum absolute atomic E-state index is 6.43. The summed E-state index contributed by atoms with van der Waals surface area (Å²) in [6.45, 7) is 4.46. The molecule has 0 unspecified atom stereocenters. The first-order valence-corrected chi connectivity index (χ1v) is 10.4. The van der Waals surface area contributed by atoms with E-state index < -0.39 is 0 Å². The molecule has 0 radical (unpaired) electrons. The van der Waals surface area contributed by atoms with Gasteiger partial charge in [-0.3, -0.25) is 10.1 Å². The maximum Gasteiger partial charge on any atom is 0.225 e. The second-order valence-corrected chi connectivity index (χ2v) is 7.93. The van der Waals surface area contributed by atoms with E-state index in [0.717, 1.165) is 61.3 Å². The number of nitrogens with one attached hydrogen (secondary N) is 1. The van der Waals surface area contributed by atoms with Gasteiger partial charge in [-0.2, -0.15) is 10.1 Å². The van der Waals surface area contributed by atoms with Gasteiger partial charge in [0.25, 0.3) is 0 Å². The number of aromatic amines is 1. The van der Waals surface area contributed by atoms with Crippen LogP contribution in [0.4, 0.5) is 5.82 Å². The van der Waals surface area contributed by atoms with Crippen LogP contribution in [-0.4, -0.2) is 57.1 Å². The Morgan fingerprint density at radius 3 is 2.90 bits per heavy atom. The molecule has 8 heteroatoms. The Kier molecular flexibility index (Phi) is 5.01.